The number of carbonyl (C=O) groups excluding carboxylic acids is 1. The van der Waals surface area contributed by atoms with Crippen LogP contribution in [0.25, 0.3) is 0 Å². The largest absolute Gasteiger partial charge is 0.496 e. The summed E-state index contributed by atoms with van der Waals surface area (Å²) >= 11 is 0. The summed E-state index contributed by atoms with van der Waals surface area (Å²) in [6, 6.07) is 11.9. The summed E-state index contributed by atoms with van der Waals surface area (Å²) in [7, 11) is -2.31. The molecule has 0 aromatic heterocycles. The molecule has 0 saturated carbocycles. The maximum absolute atomic E-state index is 13.3. The summed E-state index contributed by atoms with van der Waals surface area (Å²) < 4.78 is 33.4. The fraction of sp³-hybridized carbons (Fsp3) is 0.435. The first-order chi connectivity index (χ1) is 14.2. The number of carbonyl (C=O) groups is 1. The van der Waals surface area contributed by atoms with Gasteiger partial charge in [-0.05, 0) is 61.9 Å². The number of amides is 1. The number of fused-ring (bicyclic) bond motifs is 1. The highest BCUT2D eigenvalue weighted by Gasteiger charge is 2.31. The van der Waals surface area contributed by atoms with Gasteiger partial charge >= 0.3 is 0 Å². The molecule has 1 aliphatic heterocycles. The van der Waals surface area contributed by atoms with E-state index < -0.39 is 10.0 Å². The molecule has 0 aliphatic carbocycles. The maximum atomic E-state index is 13.3. The molecule has 2 aromatic carbocycles. The van der Waals surface area contributed by atoms with Crippen molar-refractivity contribution in [3.05, 3.63) is 53.6 Å². The van der Waals surface area contributed by atoms with Gasteiger partial charge in [0.25, 0.3) is 15.9 Å². The summed E-state index contributed by atoms with van der Waals surface area (Å²) in [5, 5.41) is 2.96. The highest BCUT2D eigenvalue weighted by atomic mass is 32.2. The maximum Gasteiger partial charge on any atom is 0.264 e. The van der Waals surface area contributed by atoms with Crippen LogP contribution in [-0.2, 0) is 16.4 Å². The Morgan fingerprint density at radius 2 is 1.87 bits per heavy atom. The third kappa shape index (κ3) is 4.61. The first kappa shape index (κ1) is 22.2. The Morgan fingerprint density at radius 1 is 1.13 bits per heavy atom. The molecule has 1 unspecified atom stereocenters. The Kier molecular flexibility index (Phi) is 6.71. The molecule has 1 aliphatic rings. The number of ether oxygens (including phenoxy) is 1. The van der Waals surface area contributed by atoms with E-state index in [-0.39, 0.29) is 22.4 Å². The topological polar surface area (TPSA) is 75.7 Å². The third-order valence-electron chi connectivity index (χ3n) is 5.40. The number of hydrogen-bond acceptors (Lipinski definition) is 4. The van der Waals surface area contributed by atoms with E-state index in [9.17, 15) is 13.2 Å². The van der Waals surface area contributed by atoms with Gasteiger partial charge in [-0.2, -0.15) is 0 Å². The van der Waals surface area contributed by atoms with E-state index in [2.05, 4.69) is 19.2 Å². The smallest absolute Gasteiger partial charge is 0.264 e. The fourth-order valence-electron chi connectivity index (χ4n) is 3.67. The lowest BCUT2D eigenvalue weighted by molar-refractivity contribution is 0.0934. The summed E-state index contributed by atoms with van der Waals surface area (Å²) in [6.45, 7) is 6.63. The van der Waals surface area contributed by atoms with Gasteiger partial charge in [0.2, 0.25) is 0 Å². The van der Waals surface area contributed by atoms with Crippen molar-refractivity contribution in [1.82, 2.24) is 5.32 Å². The second-order valence-electron chi connectivity index (χ2n) is 8.16. The molecule has 6 nitrogen and oxygen atoms in total. The van der Waals surface area contributed by atoms with Crippen LogP contribution >= 0.6 is 0 Å². The molecule has 1 atom stereocenters. The van der Waals surface area contributed by atoms with E-state index in [0.717, 1.165) is 18.4 Å². The molecule has 1 amide bonds. The molecule has 0 saturated heterocycles. The van der Waals surface area contributed by atoms with Crippen molar-refractivity contribution in [2.24, 2.45) is 5.92 Å². The van der Waals surface area contributed by atoms with Crippen LogP contribution in [0.15, 0.2) is 47.4 Å². The summed E-state index contributed by atoms with van der Waals surface area (Å²) in [5.74, 6) is 0.571. The second-order valence-corrected chi connectivity index (χ2v) is 10.0. The number of nitrogens with zero attached hydrogens (tertiary/aromatic N) is 1. The molecule has 0 spiro atoms. The standard InChI is InChI=1S/C23H30N2O4S/c1-16(2)9-10-17(3)24-23(26)20-15-19(11-12-22(20)29-4)30(27,28)25-14-13-18-7-5-6-8-21(18)25/h5-8,11-12,15-17H,9-10,13-14H2,1-4H3,(H,24,26). The number of rotatable bonds is 8. The van der Waals surface area contributed by atoms with E-state index in [4.69, 9.17) is 4.74 Å². The number of nitrogens with one attached hydrogen (secondary N) is 1. The van der Waals surface area contributed by atoms with Gasteiger partial charge in [0, 0.05) is 12.6 Å². The first-order valence-corrected chi connectivity index (χ1v) is 11.8. The SMILES string of the molecule is COc1ccc(S(=O)(=O)N2CCc3ccccc32)cc1C(=O)NC(C)CCC(C)C. The van der Waals surface area contributed by atoms with Crippen molar-refractivity contribution in [3.63, 3.8) is 0 Å². The molecule has 162 valence electrons. The quantitative estimate of drug-likeness (QED) is 0.687. The van der Waals surface area contributed by atoms with Crippen LogP contribution in [0.3, 0.4) is 0 Å². The van der Waals surface area contributed by atoms with E-state index >= 15 is 0 Å². The van der Waals surface area contributed by atoms with Crippen molar-refractivity contribution in [3.8, 4) is 5.75 Å². The molecule has 3 rings (SSSR count). The van der Waals surface area contributed by atoms with Gasteiger partial charge in [0.1, 0.15) is 5.75 Å². The van der Waals surface area contributed by atoms with E-state index in [1.807, 2.05) is 31.2 Å². The van der Waals surface area contributed by atoms with E-state index in [0.29, 0.717) is 30.3 Å². The summed E-state index contributed by atoms with van der Waals surface area (Å²) in [6.07, 6.45) is 2.53. The van der Waals surface area contributed by atoms with Crippen molar-refractivity contribution in [2.45, 2.75) is 51.0 Å². The molecule has 2 aromatic rings. The van der Waals surface area contributed by atoms with Gasteiger partial charge in [-0.25, -0.2) is 8.42 Å². The van der Waals surface area contributed by atoms with Crippen LogP contribution in [0.1, 0.15) is 49.5 Å². The van der Waals surface area contributed by atoms with Crippen molar-refractivity contribution in [2.75, 3.05) is 18.0 Å². The molecule has 0 radical (unpaired) electrons. The zero-order chi connectivity index (χ0) is 21.9. The highest BCUT2D eigenvalue weighted by molar-refractivity contribution is 7.92. The average molecular weight is 431 g/mol. The molecule has 1 N–H and O–H groups in total. The minimum atomic E-state index is -3.79. The Morgan fingerprint density at radius 3 is 2.57 bits per heavy atom. The normalized spacial score (nSPS) is 14.5. The number of anilines is 1. The van der Waals surface area contributed by atoms with Crippen molar-refractivity contribution >= 4 is 21.6 Å². The Hall–Kier alpha value is -2.54. The van der Waals surface area contributed by atoms with Gasteiger partial charge < -0.3 is 10.1 Å². The number of sulfonamides is 1. The lowest BCUT2D eigenvalue weighted by atomic mass is 10.0. The van der Waals surface area contributed by atoms with Crippen LogP contribution in [0.2, 0.25) is 0 Å². The Labute approximate surface area is 179 Å². The van der Waals surface area contributed by atoms with Gasteiger partial charge in [0.15, 0.2) is 0 Å². The monoisotopic (exact) mass is 430 g/mol. The molecule has 0 bridgehead atoms. The zero-order valence-electron chi connectivity index (χ0n) is 18.0. The molecular weight excluding hydrogens is 400 g/mol. The first-order valence-electron chi connectivity index (χ1n) is 10.3. The van der Waals surface area contributed by atoms with Gasteiger partial charge in [-0.3, -0.25) is 9.10 Å². The van der Waals surface area contributed by atoms with Crippen molar-refractivity contribution < 1.29 is 17.9 Å². The number of methoxy groups -OCH3 is 1. The molecule has 7 heteroatoms. The third-order valence-corrected chi connectivity index (χ3v) is 7.21. The van der Waals surface area contributed by atoms with Crippen LogP contribution in [0, 0.1) is 5.92 Å². The van der Waals surface area contributed by atoms with Crippen LogP contribution < -0.4 is 14.4 Å². The Balaban J connectivity index is 1.88. The predicted octanol–water partition coefficient (Wildman–Crippen LogP) is 4.00. The van der Waals surface area contributed by atoms with Gasteiger partial charge in [-0.1, -0.05) is 32.0 Å². The lowest BCUT2D eigenvalue weighted by Gasteiger charge is -2.21. The second kappa shape index (κ2) is 9.08. The zero-order valence-corrected chi connectivity index (χ0v) is 18.8. The van der Waals surface area contributed by atoms with Gasteiger partial charge in [-0.15, -0.1) is 0 Å². The molecular formula is C23H30N2O4S. The minimum Gasteiger partial charge on any atom is -0.496 e. The minimum absolute atomic E-state index is 0.0182. The lowest BCUT2D eigenvalue weighted by Crippen LogP contribution is -2.33. The van der Waals surface area contributed by atoms with E-state index in [1.165, 1.54) is 23.5 Å². The highest BCUT2D eigenvalue weighted by Crippen LogP contribution is 2.34. The van der Waals surface area contributed by atoms with Gasteiger partial charge in [0.05, 0.1) is 23.3 Å². The molecule has 0 fully saturated rings. The van der Waals surface area contributed by atoms with Crippen molar-refractivity contribution in [1.29, 1.82) is 0 Å². The van der Waals surface area contributed by atoms with Crippen LogP contribution in [0.5, 0.6) is 5.75 Å². The van der Waals surface area contributed by atoms with E-state index in [1.54, 1.807) is 6.07 Å². The summed E-state index contributed by atoms with van der Waals surface area (Å²) in [4.78, 5) is 13.0. The predicted molar refractivity (Wildman–Crippen MR) is 119 cm³/mol. The van der Waals surface area contributed by atoms with Crippen LogP contribution in [0.4, 0.5) is 5.69 Å². The number of benzene rings is 2. The average Bonchev–Trinajstić information content (AvgIpc) is 3.16. The number of para-hydroxylation sites is 1. The number of hydrogen-bond donors (Lipinski definition) is 1. The summed E-state index contributed by atoms with van der Waals surface area (Å²) in [5.41, 5.74) is 1.93. The Bertz CT molecular complexity index is 1020. The molecule has 1 heterocycles. The van der Waals surface area contributed by atoms with Crippen LogP contribution in [-0.4, -0.2) is 34.0 Å². The molecule has 30 heavy (non-hydrogen) atoms. The fourth-order valence-corrected chi connectivity index (χ4v) is 5.20.